The maximum atomic E-state index is 15.0. The van der Waals surface area contributed by atoms with Gasteiger partial charge in [-0.2, -0.15) is 4.31 Å². The number of benzene rings is 1. The summed E-state index contributed by atoms with van der Waals surface area (Å²) >= 11 is 0. The largest absolute Gasteiger partial charge is 0.369 e. The highest BCUT2D eigenvalue weighted by Crippen LogP contribution is 2.35. The van der Waals surface area contributed by atoms with Crippen molar-refractivity contribution in [2.45, 2.75) is 32.7 Å². The number of anilines is 4. The Morgan fingerprint density at radius 1 is 0.974 bits per heavy atom. The average molecular weight is 544 g/mol. The van der Waals surface area contributed by atoms with Crippen LogP contribution in [0.4, 0.5) is 31.9 Å². The van der Waals surface area contributed by atoms with Crippen LogP contribution in [0.3, 0.4) is 0 Å². The molecule has 2 aliphatic heterocycles. The molecule has 2 aromatic heterocycles. The van der Waals surface area contributed by atoms with Crippen molar-refractivity contribution in [3.05, 3.63) is 53.9 Å². The summed E-state index contributed by atoms with van der Waals surface area (Å²) < 4.78 is 54.8. The van der Waals surface area contributed by atoms with Crippen LogP contribution in [-0.4, -0.2) is 72.7 Å². The lowest BCUT2D eigenvalue weighted by atomic mass is 9.96. The summed E-state index contributed by atoms with van der Waals surface area (Å²) in [6.45, 7) is 6.91. The van der Waals surface area contributed by atoms with E-state index in [0.717, 1.165) is 30.5 Å². The third-order valence-electron chi connectivity index (χ3n) is 7.01. The number of nitrogens with zero attached hydrogens (tertiary/aromatic N) is 6. The molecule has 0 saturated carbocycles. The Morgan fingerprint density at radius 2 is 1.74 bits per heavy atom. The number of piperazine rings is 1. The highest BCUT2D eigenvalue weighted by atomic mass is 32.2. The van der Waals surface area contributed by atoms with Gasteiger partial charge in [-0.25, -0.2) is 32.2 Å². The van der Waals surface area contributed by atoms with Gasteiger partial charge in [-0.3, -0.25) is 0 Å². The molecule has 0 bridgehead atoms. The maximum Gasteiger partial charge on any atom is 0.229 e. The van der Waals surface area contributed by atoms with Gasteiger partial charge in [0.15, 0.2) is 5.82 Å². The van der Waals surface area contributed by atoms with Gasteiger partial charge in [-0.05, 0) is 51.0 Å². The molecule has 0 atom stereocenters. The zero-order chi connectivity index (χ0) is 27.0. The molecule has 0 amide bonds. The maximum absolute atomic E-state index is 15.0. The van der Waals surface area contributed by atoms with Crippen LogP contribution in [0, 0.1) is 11.6 Å². The van der Waals surface area contributed by atoms with Crippen LogP contribution < -0.4 is 15.1 Å². The fourth-order valence-electron chi connectivity index (χ4n) is 5.01. The average Bonchev–Trinajstić information content (AvgIpc) is 2.89. The molecule has 0 radical (unpaired) electrons. The molecule has 202 valence electrons. The molecule has 5 rings (SSSR count). The molecule has 9 nitrogen and oxygen atoms in total. The first-order chi connectivity index (χ1) is 18.1. The van der Waals surface area contributed by atoms with Gasteiger partial charge in [-0.15, -0.1) is 0 Å². The van der Waals surface area contributed by atoms with Crippen LogP contribution in [0.15, 0.2) is 36.7 Å². The van der Waals surface area contributed by atoms with E-state index in [9.17, 15) is 12.8 Å². The van der Waals surface area contributed by atoms with E-state index >= 15 is 4.39 Å². The Balaban J connectivity index is 1.34. The number of aromatic nitrogens is 3. The smallest absolute Gasteiger partial charge is 0.229 e. The molecule has 1 fully saturated rings. The molecule has 1 N–H and O–H groups in total. The van der Waals surface area contributed by atoms with Crippen LogP contribution in [0.1, 0.15) is 25.8 Å². The number of pyridine rings is 1. The molecule has 0 unspecified atom stereocenters. The Labute approximate surface area is 221 Å². The second-order valence-corrected chi connectivity index (χ2v) is 11.9. The van der Waals surface area contributed by atoms with Gasteiger partial charge in [0, 0.05) is 55.6 Å². The van der Waals surface area contributed by atoms with Crippen LogP contribution in [0.2, 0.25) is 0 Å². The van der Waals surface area contributed by atoms with Crippen molar-refractivity contribution >= 4 is 33.2 Å². The number of hydrogen-bond acceptors (Lipinski definition) is 8. The van der Waals surface area contributed by atoms with E-state index in [1.54, 1.807) is 12.3 Å². The predicted octanol–water partition coefficient (Wildman–Crippen LogP) is 3.80. The molecule has 2 aliphatic rings. The van der Waals surface area contributed by atoms with Crippen molar-refractivity contribution < 1.29 is 17.2 Å². The van der Waals surface area contributed by atoms with Crippen molar-refractivity contribution in [2.24, 2.45) is 0 Å². The topological polar surface area (TPSA) is 94.6 Å². The summed E-state index contributed by atoms with van der Waals surface area (Å²) in [5.41, 5.74) is 2.67. The second-order valence-electron chi connectivity index (χ2n) is 9.91. The van der Waals surface area contributed by atoms with Crippen LogP contribution in [-0.2, 0) is 16.4 Å². The monoisotopic (exact) mass is 543 g/mol. The lowest BCUT2D eigenvalue weighted by molar-refractivity contribution is 0.388. The number of hydrogen-bond donors (Lipinski definition) is 1. The molecule has 4 heterocycles. The summed E-state index contributed by atoms with van der Waals surface area (Å²) in [5, 5.41) is 2.99. The van der Waals surface area contributed by atoms with E-state index < -0.39 is 15.8 Å². The molecule has 12 heteroatoms. The second kappa shape index (κ2) is 10.4. The lowest BCUT2D eigenvalue weighted by Crippen LogP contribution is -2.48. The molecule has 0 aliphatic carbocycles. The first-order valence-corrected chi connectivity index (χ1v) is 14.5. The summed E-state index contributed by atoms with van der Waals surface area (Å²) in [6.07, 6.45) is 5.49. The van der Waals surface area contributed by atoms with Gasteiger partial charge in [0.25, 0.3) is 0 Å². The summed E-state index contributed by atoms with van der Waals surface area (Å²) in [6, 6.07) is 6.96. The Kier molecular flexibility index (Phi) is 7.19. The molecular weight excluding hydrogens is 512 g/mol. The van der Waals surface area contributed by atoms with Crippen molar-refractivity contribution in [2.75, 3.05) is 54.1 Å². The number of halogens is 2. The minimum absolute atomic E-state index is 0.0128. The number of sulfonamides is 1. The molecule has 1 saturated heterocycles. The Morgan fingerprint density at radius 3 is 2.39 bits per heavy atom. The van der Waals surface area contributed by atoms with E-state index in [0.29, 0.717) is 49.5 Å². The van der Waals surface area contributed by atoms with Crippen molar-refractivity contribution in [1.29, 1.82) is 0 Å². The lowest BCUT2D eigenvalue weighted by Gasteiger charge is -2.35. The van der Waals surface area contributed by atoms with E-state index in [1.807, 2.05) is 12.1 Å². The fourth-order valence-corrected chi connectivity index (χ4v) is 5.84. The Bertz CT molecular complexity index is 1430. The number of rotatable bonds is 6. The van der Waals surface area contributed by atoms with Crippen LogP contribution in [0.25, 0.3) is 11.3 Å². The van der Waals surface area contributed by atoms with Crippen molar-refractivity contribution in [3.8, 4) is 11.3 Å². The highest BCUT2D eigenvalue weighted by molar-refractivity contribution is 7.88. The van der Waals surface area contributed by atoms with Gasteiger partial charge in [0.1, 0.15) is 17.3 Å². The third-order valence-corrected chi connectivity index (χ3v) is 8.31. The normalized spacial score (nSPS) is 16.6. The highest BCUT2D eigenvalue weighted by Gasteiger charge is 2.25. The Hall–Kier alpha value is -3.38. The molecule has 1 aromatic carbocycles. The zero-order valence-electron chi connectivity index (χ0n) is 21.7. The molecule has 0 spiro atoms. The van der Waals surface area contributed by atoms with Gasteiger partial charge >= 0.3 is 0 Å². The SMILES string of the molecule is CC(C)N1CCCc2c(F)cc(-c3nc(Nc4ccc(N5CCN(S(C)(=O)=O)CC5)cn4)ncc3F)cc21. The summed E-state index contributed by atoms with van der Waals surface area (Å²) in [5.74, 6) is -0.394. The van der Waals surface area contributed by atoms with Crippen molar-refractivity contribution in [1.82, 2.24) is 19.3 Å². The van der Waals surface area contributed by atoms with E-state index in [1.165, 1.54) is 16.6 Å². The molecular formula is C26H31F2N7O2S. The summed E-state index contributed by atoms with van der Waals surface area (Å²) in [4.78, 5) is 17.0. The van der Waals surface area contributed by atoms with Gasteiger partial charge in [-0.1, -0.05) is 0 Å². The minimum atomic E-state index is -3.20. The van der Waals surface area contributed by atoms with Gasteiger partial charge in [0.05, 0.1) is 24.3 Å². The quantitative estimate of drug-likeness (QED) is 0.502. The first kappa shape index (κ1) is 26.2. The van der Waals surface area contributed by atoms with Gasteiger partial charge < -0.3 is 15.1 Å². The number of nitrogens with one attached hydrogen (secondary N) is 1. The molecule has 3 aromatic rings. The van der Waals surface area contributed by atoms with Gasteiger partial charge in [0.2, 0.25) is 16.0 Å². The van der Waals surface area contributed by atoms with E-state index in [-0.39, 0.29) is 23.5 Å². The minimum Gasteiger partial charge on any atom is -0.369 e. The zero-order valence-corrected chi connectivity index (χ0v) is 22.5. The van der Waals surface area contributed by atoms with E-state index in [4.69, 9.17) is 0 Å². The molecule has 38 heavy (non-hydrogen) atoms. The standard InChI is InChI=1S/C26H31F2N7O2S/c1-17(2)35-8-4-5-20-21(27)13-18(14-23(20)35)25-22(28)16-30-26(32-25)31-24-7-6-19(15-29-24)33-9-11-34(12-10-33)38(3,36)37/h6-7,13-17H,4-5,8-12H2,1-3H3,(H,29,30,31,32). The van der Waals surface area contributed by atoms with E-state index in [2.05, 4.69) is 43.9 Å². The fraction of sp³-hybridized carbons (Fsp3) is 0.423. The van der Waals surface area contributed by atoms with Crippen molar-refractivity contribution in [3.63, 3.8) is 0 Å². The number of fused-ring (bicyclic) bond motifs is 1. The first-order valence-electron chi connectivity index (χ1n) is 12.7. The summed E-state index contributed by atoms with van der Waals surface area (Å²) in [7, 11) is -3.20. The van der Waals surface area contributed by atoms with Crippen LogP contribution in [0.5, 0.6) is 0 Å². The van der Waals surface area contributed by atoms with Crippen LogP contribution >= 0.6 is 0 Å². The third kappa shape index (κ3) is 5.41. The predicted molar refractivity (Wildman–Crippen MR) is 144 cm³/mol.